The van der Waals surface area contributed by atoms with E-state index in [1.54, 1.807) is 9.81 Å². The average molecular weight is 584 g/mol. The van der Waals surface area contributed by atoms with Crippen LogP contribution >= 0.6 is 116 Å². The van der Waals surface area contributed by atoms with Crippen molar-refractivity contribution < 1.29 is 0 Å². The van der Waals surface area contributed by atoms with E-state index in [1.165, 1.54) is 42.0 Å². The molecule has 0 aromatic carbocycles. The van der Waals surface area contributed by atoms with Crippen molar-refractivity contribution in [3.05, 3.63) is 32.6 Å². The van der Waals surface area contributed by atoms with Gasteiger partial charge in [0.1, 0.15) is 0 Å². The highest BCUT2D eigenvalue weighted by atomic mass is 127. The smallest absolute Gasteiger partial charge is 0.0718 e. The molecule has 1 saturated carbocycles. The highest BCUT2D eigenvalue weighted by Gasteiger charge is 2.35. The fraction of sp³-hybridized carbons (Fsp3) is 0.273. The molecule has 0 saturated heterocycles. The minimum atomic E-state index is 1.34. The van der Waals surface area contributed by atoms with E-state index in [0.29, 0.717) is 0 Å². The van der Waals surface area contributed by atoms with Gasteiger partial charge in [0.15, 0.2) is 0 Å². The molecule has 0 bridgehead atoms. The molecule has 4 rings (SSSR count). The van der Waals surface area contributed by atoms with Gasteiger partial charge in [-0.25, -0.2) is 0 Å². The van der Waals surface area contributed by atoms with Gasteiger partial charge in [-0.15, -0.1) is 0 Å². The molecule has 0 aromatic heterocycles. The van der Waals surface area contributed by atoms with Crippen molar-refractivity contribution in [1.29, 1.82) is 0 Å². The van der Waals surface area contributed by atoms with E-state index >= 15 is 0 Å². The number of halogens is 2. The number of rotatable bonds is 0. The van der Waals surface area contributed by atoms with Crippen LogP contribution in [-0.2, 0) is 0 Å². The van der Waals surface area contributed by atoms with Crippen LogP contribution in [0.5, 0.6) is 0 Å². The molecule has 0 unspecified atom stereocenters. The van der Waals surface area contributed by atoms with E-state index in [0.717, 1.165) is 0 Å². The molecule has 0 N–H and O–H groups in total. The van der Waals surface area contributed by atoms with Gasteiger partial charge in [0.25, 0.3) is 0 Å². The zero-order chi connectivity index (χ0) is 13.0. The normalized spacial score (nSPS) is 26.8. The lowest BCUT2D eigenvalue weighted by molar-refractivity contribution is 0.664. The van der Waals surface area contributed by atoms with Crippen LogP contribution < -0.4 is 0 Å². The van der Waals surface area contributed by atoms with Crippen molar-refractivity contribution in [2.75, 3.05) is 0 Å². The summed E-state index contributed by atoms with van der Waals surface area (Å²) in [4.78, 5) is 0. The number of allylic oxidation sites excluding steroid dienone is 1. The van der Waals surface area contributed by atoms with E-state index < -0.39 is 0 Å². The lowest BCUT2D eigenvalue weighted by Crippen LogP contribution is -1.97. The standard InChI is InChI=1S/C11H6I2S6/c12-5-6(13)15-8(14-5)9-18-10-11(19-9)17-7(16-10)4-2-1-3-4/h1-3H2. The summed E-state index contributed by atoms with van der Waals surface area (Å²) in [6.45, 7) is 0. The van der Waals surface area contributed by atoms with Crippen LogP contribution in [0, 0.1) is 0 Å². The Bertz CT molecular complexity index is 556. The van der Waals surface area contributed by atoms with Crippen LogP contribution in [0.3, 0.4) is 0 Å². The molecule has 1 aliphatic carbocycles. The van der Waals surface area contributed by atoms with E-state index in [4.69, 9.17) is 0 Å². The third-order valence-corrected chi connectivity index (χ3v) is 15.5. The van der Waals surface area contributed by atoms with Crippen molar-refractivity contribution in [3.63, 3.8) is 0 Å². The molecule has 0 aromatic rings. The molecular weight excluding hydrogens is 578 g/mol. The predicted octanol–water partition coefficient (Wildman–Crippen LogP) is 8.07. The molecule has 3 heterocycles. The summed E-state index contributed by atoms with van der Waals surface area (Å²) in [5.41, 5.74) is 1.70. The summed E-state index contributed by atoms with van der Waals surface area (Å²) in [5, 5.41) is 0. The zero-order valence-electron chi connectivity index (χ0n) is 9.33. The molecule has 100 valence electrons. The van der Waals surface area contributed by atoms with Crippen LogP contribution in [0.15, 0.2) is 32.6 Å². The van der Waals surface area contributed by atoms with Gasteiger partial charge in [-0.05, 0) is 70.0 Å². The molecule has 0 radical (unpaired) electrons. The summed E-state index contributed by atoms with van der Waals surface area (Å²) in [6, 6.07) is 0. The molecule has 1 fully saturated rings. The molecular formula is C11H6I2S6. The summed E-state index contributed by atoms with van der Waals surface area (Å²) >= 11 is 16.8. The summed E-state index contributed by atoms with van der Waals surface area (Å²) < 4.78 is 10.5. The van der Waals surface area contributed by atoms with E-state index in [2.05, 4.69) is 45.2 Å². The van der Waals surface area contributed by atoms with Gasteiger partial charge < -0.3 is 0 Å². The van der Waals surface area contributed by atoms with E-state index in [-0.39, 0.29) is 0 Å². The highest BCUT2D eigenvalue weighted by molar-refractivity contribution is 14.1. The molecule has 4 aliphatic rings. The number of thioether (sulfide) groups is 6. The van der Waals surface area contributed by atoms with E-state index in [9.17, 15) is 0 Å². The van der Waals surface area contributed by atoms with E-state index in [1.807, 2.05) is 70.6 Å². The van der Waals surface area contributed by atoms with Crippen LogP contribution in [0.1, 0.15) is 19.3 Å². The Kier molecular flexibility index (Phi) is 4.92. The Hall–Kier alpha value is 2.52. The second-order valence-corrected chi connectivity index (χ2v) is 15.1. The van der Waals surface area contributed by atoms with Gasteiger partial charge in [0.05, 0.1) is 27.0 Å². The topological polar surface area (TPSA) is 0 Å². The van der Waals surface area contributed by atoms with Crippen molar-refractivity contribution in [2.24, 2.45) is 0 Å². The minimum Gasteiger partial charge on any atom is -0.0736 e. The molecule has 0 nitrogen and oxygen atoms in total. The Morgan fingerprint density at radius 2 is 1.00 bits per heavy atom. The van der Waals surface area contributed by atoms with Gasteiger partial charge in [-0.1, -0.05) is 70.6 Å². The quantitative estimate of drug-likeness (QED) is 0.262. The second-order valence-electron chi connectivity index (χ2n) is 4.05. The summed E-state index contributed by atoms with van der Waals surface area (Å²) in [5.74, 6) is 0. The van der Waals surface area contributed by atoms with Crippen LogP contribution in [0.2, 0.25) is 0 Å². The number of hydrogen-bond acceptors (Lipinski definition) is 6. The van der Waals surface area contributed by atoms with Gasteiger partial charge in [-0.3, -0.25) is 0 Å². The predicted molar refractivity (Wildman–Crippen MR) is 116 cm³/mol. The SMILES string of the molecule is IC1=C(I)SC(=C2SC3=C(SC(=C4CCC4)S3)S2)S1. The summed E-state index contributed by atoms with van der Waals surface area (Å²) in [6.07, 6.45) is 4.08. The lowest BCUT2D eigenvalue weighted by Gasteiger charge is -2.19. The second kappa shape index (κ2) is 6.20. The number of hydrogen-bond donors (Lipinski definition) is 0. The van der Waals surface area contributed by atoms with Crippen LogP contribution in [-0.4, -0.2) is 0 Å². The molecule has 0 atom stereocenters. The fourth-order valence-electron chi connectivity index (χ4n) is 1.72. The molecule has 0 spiro atoms. The first-order valence-electron chi connectivity index (χ1n) is 5.53. The maximum absolute atomic E-state index is 2.45. The lowest BCUT2D eigenvalue weighted by atomic mass is 9.94. The van der Waals surface area contributed by atoms with Crippen molar-refractivity contribution in [3.8, 4) is 0 Å². The largest absolute Gasteiger partial charge is 0.0736 e. The fourth-order valence-corrected chi connectivity index (χ4v) is 13.3. The first-order chi connectivity index (χ1) is 9.20. The Labute approximate surface area is 165 Å². The highest BCUT2D eigenvalue weighted by Crippen LogP contribution is 2.71. The molecule has 8 heteroatoms. The monoisotopic (exact) mass is 584 g/mol. The van der Waals surface area contributed by atoms with Crippen LogP contribution in [0.25, 0.3) is 0 Å². The minimum absolute atomic E-state index is 1.34. The van der Waals surface area contributed by atoms with Crippen molar-refractivity contribution in [1.82, 2.24) is 0 Å². The maximum Gasteiger partial charge on any atom is 0.0718 e. The van der Waals surface area contributed by atoms with Crippen molar-refractivity contribution >= 4 is 116 Å². The first kappa shape index (κ1) is 15.1. The Balaban J connectivity index is 1.50. The maximum atomic E-state index is 2.45. The zero-order valence-corrected chi connectivity index (χ0v) is 18.5. The molecule has 0 amide bonds. The van der Waals surface area contributed by atoms with Gasteiger partial charge >= 0.3 is 0 Å². The molecule has 3 aliphatic heterocycles. The summed E-state index contributed by atoms with van der Waals surface area (Å²) in [7, 11) is 0. The molecule has 19 heavy (non-hydrogen) atoms. The average Bonchev–Trinajstić information content (AvgIpc) is 2.90. The Morgan fingerprint density at radius 3 is 1.42 bits per heavy atom. The van der Waals surface area contributed by atoms with Gasteiger partial charge in [0.2, 0.25) is 0 Å². The Morgan fingerprint density at radius 1 is 0.579 bits per heavy atom. The third kappa shape index (κ3) is 2.99. The van der Waals surface area contributed by atoms with Gasteiger partial charge in [0, 0.05) is 0 Å². The third-order valence-electron chi connectivity index (χ3n) is 2.84. The van der Waals surface area contributed by atoms with Gasteiger partial charge in [-0.2, -0.15) is 0 Å². The first-order valence-corrected chi connectivity index (χ1v) is 12.6. The van der Waals surface area contributed by atoms with Crippen LogP contribution in [0.4, 0.5) is 0 Å². The van der Waals surface area contributed by atoms with Crippen molar-refractivity contribution in [2.45, 2.75) is 19.3 Å².